The number of rotatable bonds is 0. The maximum Gasteiger partial charge on any atom is 0.119 e. The second-order valence-electron chi connectivity index (χ2n) is 2.27. The molecule has 2 rings (SSSR count). The minimum Gasteiger partial charge on any atom is -0.391 e. The van der Waals surface area contributed by atoms with Gasteiger partial charge in [-0.1, -0.05) is 21.6 Å². The van der Waals surface area contributed by atoms with Gasteiger partial charge in [-0.2, -0.15) is 0 Å². The van der Waals surface area contributed by atoms with Crippen LogP contribution < -0.4 is 5.48 Å². The van der Waals surface area contributed by atoms with Crippen molar-refractivity contribution in [2.75, 3.05) is 11.5 Å². The number of nitrogens with one attached hydrogen (secondary N) is 1. The molecule has 0 aromatic heterocycles. The van der Waals surface area contributed by atoms with E-state index >= 15 is 0 Å². The molecule has 0 saturated carbocycles. The summed E-state index contributed by atoms with van der Waals surface area (Å²) >= 11 is 0. The Morgan fingerprint density at radius 3 is 2.00 bits per heavy atom. The van der Waals surface area contributed by atoms with Crippen LogP contribution in [0.15, 0.2) is 24.6 Å². The highest BCUT2D eigenvalue weighted by Crippen LogP contribution is 2.28. The van der Waals surface area contributed by atoms with Crippen molar-refractivity contribution in [1.82, 2.24) is 5.48 Å². The van der Waals surface area contributed by atoms with E-state index < -0.39 is 0 Å². The molecule has 0 aromatic carbocycles. The fourth-order valence-corrected chi connectivity index (χ4v) is 2.99. The predicted molar refractivity (Wildman–Crippen MR) is 56.7 cm³/mol. The fourth-order valence-electron chi connectivity index (χ4n) is 0.698. The summed E-state index contributed by atoms with van der Waals surface area (Å²) in [6.45, 7) is 0. The van der Waals surface area contributed by atoms with Crippen molar-refractivity contribution in [1.29, 1.82) is 0 Å². The summed E-state index contributed by atoms with van der Waals surface area (Å²) in [5.41, 5.74) is 2.52. The largest absolute Gasteiger partial charge is 0.391 e. The first-order chi connectivity index (χ1) is 6.00. The van der Waals surface area contributed by atoms with E-state index in [0.717, 1.165) is 0 Å². The number of hydrogen-bond acceptors (Lipinski definition) is 4. The molecule has 0 atom stereocenters. The highest BCUT2D eigenvalue weighted by Gasteiger charge is 1.96. The fraction of sp³-hybridized carbons (Fsp3) is 0.500. The maximum absolute atomic E-state index is 4.55. The normalized spacial score (nSPS) is 20.0. The van der Waals surface area contributed by atoms with Crippen LogP contribution in [0, 0.1) is 0 Å². The van der Waals surface area contributed by atoms with Crippen LogP contribution >= 0.6 is 21.6 Å². The van der Waals surface area contributed by atoms with Crippen LogP contribution in [0.3, 0.4) is 0 Å². The molecule has 0 unspecified atom stereocenters. The van der Waals surface area contributed by atoms with Gasteiger partial charge in [0.25, 0.3) is 0 Å². The van der Waals surface area contributed by atoms with Crippen LogP contribution in [0.2, 0.25) is 0 Å². The molecule has 0 spiro atoms. The molecule has 12 heavy (non-hydrogen) atoms. The van der Waals surface area contributed by atoms with Crippen LogP contribution in [-0.4, -0.2) is 11.5 Å². The Hall–Kier alpha value is -0.220. The van der Waals surface area contributed by atoms with E-state index in [-0.39, 0.29) is 0 Å². The molecule has 0 amide bonds. The molecule has 4 heteroatoms. The minimum atomic E-state index is 1.38. The van der Waals surface area contributed by atoms with Crippen molar-refractivity contribution in [2.24, 2.45) is 0 Å². The SMILES string of the molecule is C1=CNOC=C1.C1CCSSC1. The molecule has 0 radical (unpaired) electrons. The van der Waals surface area contributed by atoms with Crippen molar-refractivity contribution >= 4 is 21.6 Å². The van der Waals surface area contributed by atoms with E-state index in [1.165, 1.54) is 24.3 Å². The summed E-state index contributed by atoms with van der Waals surface area (Å²) in [7, 11) is 4.02. The van der Waals surface area contributed by atoms with Gasteiger partial charge in [0.05, 0.1) is 0 Å². The van der Waals surface area contributed by atoms with E-state index in [2.05, 4.69) is 10.3 Å². The Labute approximate surface area is 81.2 Å². The van der Waals surface area contributed by atoms with E-state index in [1.807, 2.05) is 27.7 Å². The summed E-state index contributed by atoms with van der Waals surface area (Å²) in [5, 5.41) is 0. The molecule has 2 nitrogen and oxygen atoms in total. The Kier molecular flexibility index (Phi) is 6.11. The number of hydroxylamine groups is 1. The molecular formula is C8H13NOS2. The highest BCUT2D eigenvalue weighted by atomic mass is 33.1. The van der Waals surface area contributed by atoms with Gasteiger partial charge >= 0.3 is 0 Å². The van der Waals surface area contributed by atoms with E-state index in [4.69, 9.17) is 0 Å². The first kappa shape index (κ1) is 9.86. The van der Waals surface area contributed by atoms with Gasteiger partial charge in [-0.25, -0.2) is 5.48 Å². The summed E-state index contributed by atoms with van der Waals surface area (Å²) in [6.07, 6.45) is 9.81. The third kappa shape index (κ3) is 5.43. The molecule has 2 heterocycles. The molecule has 1 N–H and O–H groups in total. The van der Waals surface area contributed by atoms with Crippen LogP contribution in [-0.2, 0) is 4.84 Å². The number of allylic oxidation sites excluding steroid dienone is 2. The second kappa shape index (κ2) is 7.43. The van der Waals surface area contributed by atoms with E-state index in [1.54, 1.807) is 18.5 Å². The standard InChI is InChI=1S/C4H5NO.C4H8S2/c2*1-2-4-6-5-3-1/h1-5H;1-4H2. The zero-order valence-corrected chi connectivity index (χ0v) is 8.50. The van der Waals surface area contributed by atoms with Crippen LogP contribution in [0.4, 0.5) is 0 Å². The average Bonchev–Trinajstić information content (AvgIpc) is 2.24. The molecule has 0 bridgehead atoms. The van der Waals surface area contributed by atoms with Crippen LogP contribution in [0.5, 0.6) is 0 Å². The Balaban J connectivity index is 0.000000120. The van der Waals surface area contributed by atoms with Gasteiger partial charge in [-0.3, -0.25) is 0 Å². The van der Waals surface area contributed by atoms with Crippen molar-refractivity contribution < 1.29 is 4.84 Å². The Bertz CT molecular complexity index is 132. The third-order valence-corrected chi connectivity index (χ3v) is 3.86. The molecule has 0 aliphatic carbocycles. The lowest BCUT2D eigenvalue weighted by Crippen LogP contribution is -2.01. The third-order valence-electron chi connectivity index (χ3n) is 1.28. The zero-order valence-electron chi connectivity index (χ0n) is 6.86. The van der Waals surface area contributed by atoms with Crippen molar-refractivity contribution in [3.8, 4) is 0 Å². The van der Waals surface area contributed by atoms with Crippen molar-refractivity contribution in [2.45, 2.75) is 12.8 Å². The molecular weight excluding hydrogens is 190 g/mol. The highest BCUT2D eigenvalue weighted by molar-refractivity contribution is 8.76. The summed E-state index contributed by atoms with van der Waals surface area (Å²) in [4.78, 5) is 4.55. The smallest absolute Gasteiger partial charge is 0.119 e. The molecule has 1 fully saturated rings. The summed E-state index contributed by atoms with van der Waals surface area (Å²) in [5.74, 6) is 2.76. The molecule has 2 aliphatic heterocycles. The van der Waals surface area contributed by atoms with Gasteiger partial charge in [-0.15, -0.1) is 0 Å². The second-order valence-corrected chi connectivity index (χ2v) is 4.98. The average molecular weight is 203 g/mol. The van der Waals surface area contributed by atoms with Crippen LogP contribution in [0.25, 0.3) is 0 Å². The van der Waals surface area contributed by atoms with Gasteiger partial charge in [-0.05, 0) is 25.0 Å². The first-order valence-electron chi connectivity index (χ1n) is 3.97. The number of hydrogen-bond donors (Lipinski definition) is 1. The van der Waals surface area contributed by atoms with Crippen molar-refractivity contribution in [3.05, 3.63) is 24.6 Å². The molecule has 68 valence electrons. The van der Waals surface area contributed by atoms with Gasteiger partial charge < -0.3 is 4.84 Å². The maximum atomic E-state index is 4.55. The van der Waals surface area contributed by atoms with Crippen molar-refractivity contribution in [3.63, 3.8) is 0 Å². The predicted octanol–water partition coefficient (Wildman–Crippen LogP) is 2.71. The quantitative estimate of drug-likeness (QED) is 0.611. The van der Waals surface area contributed by atoms with Gasteiger partial charge in [0, 0.05) is 17.7 Å². The van der Waals surface area contributed by atoms with Gasteiger partial charge in [0.1, 0.15) is 6.26 Å². The zero-order chi connectivity index (χ0) is 8.49. The van der Waals surface area contributed by atoms with Gasteiger partial charge in [0.15, 0.2) is 0 Å². The summed E-state index contributed by atoms with van der Waals surface area (Å²) in [6, 6.07) is 0. The minimum absolute atomic E-state index is 1.38. The molecule has 2 aliphatic rings. The Morgan fingerprint density at radius 1 is 1.08 bits per heavy atom. The molecule has 0 aromatic rings. The summed E-state index contributed by atoms with van der Waals surface area (Å²) < 4.78 is 0. The van der Waals surface area contributed by atoms with Crippen LogP contribution in [0.1, 0.15) is 12.8 Å². The first-order valence-corrected chi connectivity index (χ1v) is 6.46. The lowest BCUT2D eigenvalue weighted by Gasteiger charge is -2.04. The lowest BCUT2D eigenvalue weighted by atomic mass is 10.4. The van der Waals surface area contributed by atoms with E-state index in [9.17, 15) is 0 Å². The Morgan fingerprint density at radius 2 is 1.83 bits per heavy atom. The van der Waals surface area contributed by atoms with E-state index in [0.29, 0.717) is 0 Å². The van der Waals surface area contributed by atoms with Gasteiger partial charge in [0.2, 0.25) is 0 Å². The molecule has 1 saturated heterocycles. The topological polar surface area (TPSA) is 21.3 Å². The lowest BCUT2D eigenvalue weighted by molar-refractivity contribution is 0.172. The monoisotopic (exact) mass is 203 g/mol.